The summed E-state index contributed by atoms with van der Waals surface area (Å²) in [7, 11) is -0.0113. The van der Waals surface area contributed by atoms with Gasteiger partial charge >= 0.3 is 5.97 Å². The van der Waals surface area contributed by atoms with Crippen molar-refractivity contribution in [3.63, 3.8) is 0 Å². The van der Waals surface area contributed by atoms with Gasteiger partial charge in [0.05, 0.1) is 13.7 Å². The van der Waals surface area contributed by atoms with E-state index in [1.165, 1.54) is 7.11 Å². The van der Waals surface area contributed by atoms with E-state index < -0.39 is 8.07 Å². The first-order valence-electron chi connectivity index (χ1n) is 9.29. The summed E-state index contributed by atoms with van der Waals surface area (Å²) in [6.45, 7) is 7.88. The second-order valence-electron chi connectivity index (χ2n) is 7.67. The maximum absolute atomic E-state index is 12.6. The Balaban J connectivity index is 2.29. The van der Waals surface area contributed by atoms with Gasteiger partial charge < -0.3 is 4.74 Å². The number of ether oxygens (including phenoxy) is 1. The molecule has 2 rings (SSSR count). The summed E-state index contributed by atoms with van der Waals surface area (Å²) in [5, 5.41) is 0. The van der Waals surface area contributed by atoms with Gasteiger partial charge in [-0.15, -0.1) is 5.54 Å². The van der Waals surface area contributed by atoms with E-state index in [0.717, 1.165) is 11.1 Å². The Morgan fingerprint density at radius 3 is 2.07 bits per heavy atom. The smallest absolute Gasteiger partial charge is 0.323 e. The third kappa shape index (κ3) is 7.42. The van der Waals surface area contributed by atoms with Gasteiger partial charge in [-0.1, -0.05) is 86.2 Å². The van der Waals surface area contributed by atoms with E-state index in [9.17, 15) is 4.79 Å². The molecule has 3 nitrogen and oxygen atoms in total. The van der Waals surface area contributed by atoms with Crippen LogP contribution in [0.25, 0.3) is 0 Å². The van der Waals surface area contributed by atoms with Crippen LogP contribution in [0.15, 0.2) is 60.7 Å². The van der Waals surface area contributed by atoms with Crippen molar-refractivity contribution >= 4 is 14.0 Å². The van der Waals surface area contributed by atoms with E-state index >= 15 is 0 Å². The van der Waals surface area contributed by atoms with E-state index in [2.05, 4.69) is 48.1 Å². The maximum atomic E-state index is 12.6. The quantitative estimate of drug-likeness (QED) is 0.411. The minimum absolute atomic E-state index is 0.218. The molecule has 0 spiro atoms. The molecule has 0 amide bonds. The van der Waals surface area contributed by atoms with E-state index in [1.54, 1.807) is 0 Å². The highest BCUT2D eigenvalue weighted by molar-refractivity contribution is 6.83. The van der Waals surface area contributed by atoms with Crippen LogP contribution >= 0.6 is 0 Å². The van der Waals surface area contributed by atoms with Crippen molar-refractivity contribution in [2.75, 3.05) is 13.7 Å². The van der Waals surface area contributed by atoms with E-state index in [-0.39, 0.29) is 12.0 Å². The predicted octanol–water partition coefficient (Wildman–Crippen LogP) is 4.15. The number of rotatable bonds is 7. The fraction of sp³-hybridized carbons (Fsp3) is 0.348. The summed E-state index contributed by atoms with van der Waals surface area (Å²) >= 11 is 0. The Bertz CT molecular complexity index is 773. The molecule has 0 aromatic heterocycles. The SMILES string of the molecule is COC(=O)[C@H](Cc1ccccc1)N(CC#C[Si](C)(C)C)Cc1ccccc1. The lowest BCUT2D eigenvalue weighted by atomic mass is 10.0. The topological polar surface area (TPSA) is 29.5 Å². The second-order valence-corrected chi connectivity index (χ2v) is 12.4. The molecule has 2 aromatic rings. The third-order valence-corrected chi connectivity index (χ3v) is 5.09. The lowest BCUT2D eigenvalue weighted by Gasteiger charge is -2.28. The van der Waals surface area contributed by atoms with Gasteiger partial charge in [-0.2, -0.15) is 0 Å². The summed E-state index contributed by atoms with van der Waals surface area (Å²) in [5.41, 5.74) is 5.69. The largest absolute Gasteiger partial charge is 0.468 e. The van der Waals surface area contributed by atoms with Gasteiger partial charge in [0.15, 0.2) is 0 Å². The Morgan fingerprint density at radius 2 is 1.56 bits per heavy atom. The first-order chi connectivity index (χ1) is 12.9. The highest BCUT2D eigenvalue weighted by Crippen LogP contribution is 2.14. The molecule has 0 N–H and O–H groups in total. The van der Waals surface area contributed by atoms with Crippen molar-refractivity contribution in [1.29, 1.82) is 0 Å². The molecule has 0 saturated heterocycles. The van der Waals surface area contributed by atoms with Crippen molar-refractivity contribution in [2.45, 2.75) is 38.6 Å². The normalized spacial score (nSPS) is 12.2. The molecule has 0 fully saturated rings. The third-order valence-electron chi connectivity index (χ3n) is 4.16. The summed E-state index contributed by atoms with van der Waals surface area (Å²) in [4.78, 5) is 14.7. The van der Waals surface area contributed by atoms with Crippen LogP contribution in [-0.2, 0) is 22.5 Å². The zero-order valence-electron chi connectivity index (χ0n) is 16.7. The van der Waals surface area contributed by atoms with Crippen LogP contribution in [0.3, 0.4) is 0 Å². The Hall–Kier alpha value is -2.35. The highest BCUT2D eigenvalue weighted by Gasteiger charge is 2.27. The Morgan fingerprint density at radius 1 is 1.00 bits per heavy atom. The molecule has 4 heteroatoms. The van der Waals surface area contributed by atoms with Crippen molar-refractivity contribution in [3.8, 4) is 11.5 Å². The number of benzene rings is 2. The van der Waals surface area contributed by atoms with Crippen molar-refractivity contribution in [1.82, 2.24) is 4.90 Å². The lowest BCUT2D eigenvalue weighted by Crippen LogP contribution is -2.43. The van der Waals surface area contributed by atoms with Crippen molar-refractivity contribution in [3.05, 3.63) is 71.8 Å². The summed E-state index contributed by atoms with van der Waals surface area (Å²) in [5.74, 6) is 3.10. The fourth-order valence-corrected chi connectivity index (χ4v) is 3.44. The molecule has 0 radical (unpaired) electrons. The minimum Gasteiger partial charge on any atom is -0.468 e. The van der Waals surface area contributed by atoms with Crippen LogP contribution in [0.4, 0.5) is 0 Å². The Kier molecular flexibility index (Phi) is 7.84. The summed E-state index contributed by atoms with van der Waals surface area (Å²) < 4.78 is 5.13. The molecule has 142 valence electrons. The first kappa shape index (κ1) is 21.0. The van der Waals surface area contributed by atoms with E-state index in [0.29, 0.717) is 19.5 Å². The zero-order chi connectivity index (χ0) is 19.7. The highest BCUT2D eigenvalue weighted by atomic mass is 28.3. The molecule has 0 heterocycles. The van der Waals surface area contributed by atoms with Crippen LogP contribution in [-0.4, -0.2) is 38.6 Å². The molecule has 0 saturated carbocycles. The van der Waals surface area contributed by atoms with Gasteiger partial charge in [-0.05, 0) is 17.5 Å². The second kappa shape index (κ2) is 10.1. The van der Waals surface area contributed by atoms with Gasteiger partial charge in [-0.25, -0.2) is 0 Å². The first-order valence-corrected chi connectivity index (χ1v) is 12.8. The molecular formula is C23H29NO2Si. The Labute approximate surface area is 164 Å². The van der Waals surface area contributed by atoms with Crippen LogP contribution in [0.5, 0.6) is 0 Å². The molecular weight excluding hydrogens is 350 g/mol. The minimum atomic E-state index is -1.46. The fourth-order valence-electron chi connectivity index (χ4n) is 2.84. The predicted molar refractivity (Wildman–Crippen MR) is 114 cm³/mol. The van der Waals surface area contributed by atoms with E-state index in [4.69, 9.17) is 4.74 Å². The lowest BCUT2D eigenvalue weighted by molar-refractivity contribution is -0.147. The molecule has 0 unspecified atom stereocenters. The average molecular weight is 380 g/mol. The molecule has 2 aromatic carbocycles. The number of methoxy groups -OCH3 is 1. The standard InChI is InChI=1S/C23H29NO2Si/c1-26-23(25)22(18-20-12-7-5-8-13-20)24(16-11-17-27(2,3)4)19-21-14-9-6-10-15-21/h5-10,12-15,22H,16,18-19H2,1-4H3/t22-/m0/s1. The number of hydrogen-bond donors (Lipinski definition) is 0. The molecule has 1 atom stereocenters. The summed E-state index contributed by atoms with van der Waals surface area (Å²) in [6, 6.07) is 19.9. The number of nitrogens with zero attached hydrogens (tertiary/aromatic N) is 1. The number of carbonyl (C=O) groups excluding carboxylic acids is 1. The summed E-state index contributed by atoms with van der Waals surface area (Å²) in [6.07, 6.45) is 0.606. The molecule has 0 aliphatic heterocycles. The number of hydrogen-bond acceptors (Lipinski definition) is 3. The van der Waals surface area contributed by atoms with Crippen molar-refractivity contribution < 1.29 is 9.53 Å². The maximum Gasteiger partial charge on any atom is 0.323 e. The van der Waals surface area contributed by atoms with Crippen LogP contribution in [0, 0.1) is 11.5 Å². The average Bonchev–Trinajstić information content (AvgIpc) is 2.65. The van der Waals surface area contributed by atoms with Crippen LogP contribution in [0.2, 0.25) is 19.6 Å². The van der Waals surface area contributed by atoms with Crippen LogP contribution in [0.1, 0.15) is 11.1 Å². The van der Waals surface area contributed by atoms with Gasteiger partial charge in [0, 0.05) is 6.54 Å². The van der Waals surface area contributed by atoms with Gasteiger partial charge in [0.1, 0.15) is 14.1 Å². The monoisotopic (exact) mass is 379 g/mol. The van der Waals surface area contributed by atoms with Crippen molar-refractivity contribution in [2.24, 2.45) is 0 Å². The molecule has 27 heavy (non-hydrogen) atoms. The van der Waals surface area contributed by atoms with Gasteiger partial charge in [0.2, 0.25) is 0 Å². The van der Waals surface area contributed by atoms with Gasteiger partial charge in [0.25, 0.3) is 0 Å². The molecule has 0 aliphatic carbocycles. The zero-order valence-corrected chi connectivity index (χ0v) is 17.7. The van der Waals surface area contributed by atoms with E-state index in [1.807, 2.05) is 48.5 Å². The van der Waals surface area contributed by atoms with Crippen LogP contribution < -0.4 is 0 Å². The number of carbonyl (C=O) groups is 1. The number of esters is 1. The molecule has 0 aliphatic rings. The van der Waals surface area contributed by atoms with Gasteiger partial charge in [-0.3, -0.25) is 9.69 Å². The molecule has 0 bridgehead atoms.